The summed E-state index contributed by atoms with van der Waals surface area (Å²) < 4.78 is 16.9. The Morgan fingerprint density at radius 3 is 2.84 bits per heavy atom. The number of fused-ring (bicyclic) bond motifs is 1. The van der Waals surface area contributed by atoms with Crippen LogP contribution < -0.4 is 10.6 Å². The van der Waals surface area contributed by atoms with Gasteiger partial charge in [-0.15, -0.1) is 24.0 Å². The van der Waals surface area contributed by atoms with Gasteiger partial charge in [-0.1, -0.05) is 13.8 Å². The molecule has 0 spiro atoms. The molecule has 146 valence electrons. The molecule has 25 heavy (non-hydrogen) atoms. The third-order valence-electron chi connectivity index (χ3n) is 5.75. The summed E-state index contributed by atoms with van der Waals surface area (Å²) in [6.07, 6.45) is 3.68. The summed E-state index contributed by atoms with van der Waals surface area (Å²) in [5, 5.41) is 7.01. The van der Waals surface area contributed by atoms with E-state index in [1.54, 1.807) is 0 Å². The Hall–Kier alpha value is -0.120. The maximum Gasteiger partial charge on any atom is 0.191 e. The lowest BCUT2D eigenvalue weighted by Gasteiger charge is -2.54. The van der Waals surface area contributed by atoms with Crippen LogP contribution in [0.15, 0.2) is 4.99 Å². The van der Waals surface area contributed by atoms with Crippen LogP contribution in [0.3, 0.4) is 0 Å². The average molecular weight is 467 g/mol. The van der Waals surface area contributed by atoms with E-state index in [9.17, 15) is 0 Å². The van der Waals surface area contributed by atoms with Crippen molar-refractivity contribution in [3.05, 3.63) is 0 Å². The Morgan fingerprint density at radius 2 is 2.12 bits per heavy atom. The molecule has 0 amide bonds. The topological polar surface area (TPSA) is 64.1 Å². The first-order valence-corrected chi connectivity index (χ1v) is 9.37. The molecule has 1 saturated carbocycles. The minimum Gasteiger partial charge on any atom is -0.381 e. The van der Waals surface area contributed by atoms with Gasteiger partial charge in [-0.3, -0.25) is 4.99 Å². The van der Waals surface area contributed by atoms with E-state index in [1.165, 1.54) is 0 Å². The van der Waals surface area contributed by atoms with E-state index in [0.29, 0.717) is 24.0 Å². The van der Waals surface area contributed by atoms with Crippen LogP contribution in [0.5, 0.6) is 0 Å². The molecule has 1 aliphatic carbocycles. The monoisotopic (exact) mass is 467 g/mol. The van der Waals surface area contributed by atoms with Crippen molar-refractivity contribution in [1.82, 2.24) is 10.6 Å². The SMILES string of the molecule is CN=C(NCCCOCC1CCOC1)NC1C2CCOC2C1(C)C.I. The lowest BCUT2D eigenvalue weighted by Crippen LogP contribution is -2.68. The minimum atomic E-state index is 0. The second-order valence-corrected chi connectivity index (χ2v) is 7.84. The number of aliphatic imine (C=N–C) groups is 1. The van der Waals surface area contributed by atoms with Crippen molar-refractivity contribution in [2.24, 2.45) is 22.2 Å². The number of nitrogens with one attached hydrogen (secondary N) is 2. The van der Waals surface area contributed by atoms with Gasteiger partial charge in [-0.05, 0) is 19.3 Å². The highest BCUT2D eigenvalue weighted by Gasteiger charge is 2.59. The van der Waals surface area contributed by atoms with Gasteiger partial charge in [-0.2, -0.15) is 0 Å². The molecule has 3 rings (SSSR count). The van der Waals surface area contributed by atoms with Gasteiger partial charge in [0.25, 0.3) is 0 Å². The van der Waals surface area contributed by atoms with Crippen molar-refractivity contribution >= 4 is 29.9 Å². The largest absolute Gasteiger partial charge is 0.381 e. The highest BCUT2D eigenvalue weighted by atomic mass is 127. The fourth-order valence-corrected chi connectivity index (χ4v) is 4.30. The summed E-state index contributed by atoms with van der Waals surface area (Å²) in [5.74, 6) is 2.10. The van der Waals surface area contributed by atoms with E-state index in [4.69, 9.17) is 14.2 Å². The van der Waals surface area contributed by atoms with Crippen LogP contribution >= 0.6 is 24.0 Å². The van der Waals surface area contributed by atoms with E-state index in [1.807, 2.05) is 7.05 Å². The molecule has 4 atom stereocenters. The number of guanidine groups is 1. The quantitative estimate of drug-likeness (QED) is 0.260. The average Bonchev–Trinajstić information content (AvgIpc) is 3.23. The maximum absolute atomic E-state index is 5.85. The van der Waals surface area contributed by atoms with Gasteiger partial charge >= 0.3 is 0 Å². The minimum absolute atomic E-state index is 0. The molecule has 7 heteroatoms. The Balaban J connectivity index is 0.00000225. The first-order chi connectivity index (χ1) is 11.6. The van der Waals surface area contributed by atoms with Gasteiger partial charge in [0.15, 0.2) is 5.96 Å². The van der Waals surface area contributed by atoms with Crippen LogP contribution in [0, 0.1) is 17.3 Å². The zero-order valence-corrected chi connectivity index (χ0v) is 18.1. The first kappa shape index (κ1) is 21.2. The van der Waals surface area contributed by atoms with Gasteiger partial charge in [0.2, 0.25) is 0 Å². The van der Waals surface area contributed by atoms with Crippen LogP contribution in [-0.4, -0.2) is 64.7 Å². The molecule has 0 aromatic rings. The molecular formula is C18H34IN3O3. The molecular weight excluding hydrogens is 433 g/mol. The van der Waals surface area contributed by atoms with Crippen LogP contribution in [0.2, 0.25) is 0 Å². The van der Waals surface area contributed by atoms with E-state index in [2.05, 4.69) is 29.5 Å². The van der Waals surface area contributed by atoms with Crippen molar-refractivity contribution in [1.29, 1.82) is 0 Å². The summed E-state index contributed by atoms with van der Waals surface area (Å²) in [7, 11) is 1.83. The first-order valence-electron chi connectivity index (χ1n) is 9.37. The van der Waals surface area contributed by atoms with Gasteiger partial charge in [0.1, 0.15) is 0 Å². The number of hydrogen-bond donors (Lipinski definition) is 2. The number of halogens is 1. The maximum atomic E-state index is 5.85. The third kappa shape index (κ3) is 4.99. The highest BCUT2D eigenvalue weighted by molar-refractivity contribution is 14.0. The fourth-order valence-electron chi connectivity index (χ4n) is 4.30. The summed E-state index contributed by atoms with van der Waals surface area (Å²) in [6.45, 7) is 9.70. The normalized spacial score (nSPS) is 33.3. The van der Waals surface area contributed by atoms with Crippen LogP contribution in [0.1, 0.15) is 33.1 Å². The predicted octanol–water partition coefficient (Wildman–Crippen LogP) is 2.03. The molecule has 2 N–H and O–H groups in total. The molecule has 2 saturated heterocycles. The number of nitrogens with zero attached hydrogens (tertiary/aromatic N) is 1. The summed E-state index contributed by atoms with van der Waals surface area (Å²) in [5.41, 5.74) is 0.172. The molecule has 0 aromatic heterocycles. The smallest absolute Gasteiger partial charge is 0.191 e. The lowest BCUT2D eigenvalue weighted by atomic mass is 9.57. The lowest BCUT2D eigenvalue weighted by molar-refractivity contribution is -0.106. The second-order valence-electron chi connectivity index (χ2n) is 7.84. The fraction of sp³-hybridized carbons (Fsp3) is 0.944. The van der Waals surface area contributed by atoms with Crippen molar-refractivity contribution in [3.63, 3.8) is 0 Å². The van der Waals surface area contributed by atoms with Crippen molar-refractivity contribution in [3.8, 4) is 0 Å². The Kier molecular flexibility index (Phi) is 8.23. The zero-order chi connectivity index (χ0) is 17.0. The van der Waals surface area contributed by atoms with E-state index in [0.717, 1.165) is 64.8 Å². The van der Waals surface area contributed by atoms with Gasteiger partial charge in [0.05, 0.1) is 19.3 Å². The standard InChI is InChI=1S/C18H33N3O3.HI/c1-18(2)15(14-6-10-24-16(14)18)21-17(19-3)20-7-4-8-22-11-13-5-9-23-12-13;/h13-16H,4-12H2,1-3H3,(H2,19,20,21);1H. The molecule has 3 aliphatic rings. The van der Waals surface area contributed by atoms with Gasteiger partial charge < -0.3 is 24.8 Å². The zero-order valence-electron chi connectivity index (χ0n) is 15.8. The van der Waals surface area contributed by atoms with Crippen LogP contribution in [0.25, 0.3) is 0 Å². The molecule has 2 heterocycles. The predicted molar refractivity (Wildman–Crippen MR) is 110 cm³/mol. The molecule has 3 fully saturated rings. The molecule has 2 aliphatic heterocycles. The van der Waals surface area contributed by atoms with Crippen molar-refractivity contribution in [2.75, 3.05) is 46.6 Å². The Bertz CT molecular complexity index is 441. The highest BCUT2D eigenvalue weighted by Crippen LogP contribution is 2.52. The molecule has 4 unspecified atom stereocenters. The molecule has 0 radical (unpaired) electrons. The molecule has 0 bridgehead atoms. The van der Waals surface area contributed by atoms with Gasteiger partial charge in [-0.25, -0.2) is 0 Å². The van der Waals surface area contributed by atoms with Crippen molar-refractivity contribution < 1.29 is 14.2 Å². The Labute approximate surface area is 168 Å². The summed E-state index contributed by atoms with van der Waals surface area (Å²) in [4.78, 5) is 4.37. The molecule has 6 nitrogen and oxygen atoms in total. The van der Waals surface area contributed by atoms with E-state index < -0.39 is 0 Å². The van der Waals surface area contributed by atoms with E-state index in [-0.39, 0.29) is 29.4 Å². The summed E-state index contributed by atoms with van der Waals surface area (Å²) in [6, 6.07) is 0.440. The third-order valence-corrected chi connectivity index (χ3v) is 5.75. The van der Waals surface area contributed by atoms with Crippen LogP contribution in [0.4, 0.5) is 0 Å². The Morgan fingerprint density at radius 1 is 1.28 bits per heavy atom. The summed E-state index contributed by atoms with van der Waals surface area (Å²) >= 11 is 0. The number of rotatable bonds is 7. The number of ether oxygens (including phenoxy) is 3. The number of hydrogen-bond acceptors (Lipinski definition) is 4. The molecule has 0 aromatic carbocycles. The van der Waals surface area contributed by atoms with Gasteiger partial charge in [0, 0.05) is 56.7 Å². The second kappa shape index (κ2) is 9.71. The van der Waals surface area contributed by atoms with Crippen LogP contribution in [-0.2, 0) is 14.2 Å². The van der Waals surface area contributed by atoms with Crippen molar-refractivity contribution in [2.45, 2.75) is 45.3 Å². The van der Waals surface area contributed by atoms with E-state index >= 15 is 0 Å².